The molecular formula is C72H152N4Ti. The monoisotopic (exact) mass is 1120 g/mol. The van der Waals surface area contributed by atoms with E-state index in [1.165, 1.54) is 385 Å². The molecule has 0 bridgehead atoms. The van der Waals surface area contributed by atoms with Crippen molar-refractivity contribution in [3.63, 3.8) is 0 Å². The van der Waals surface area contributed by atoms with Gasteiger partial charge in [-0.25, -0.2) is 0 Å². The zero-order valence-electron chi connectivity index (χ0n) is 54.6. The summed E-state index contributed by atoms with van der Waals surface area (Å²) >= 11 is 0. The quantitative estimate of drug-likeness (QED) is 0.0429. The Morgan fingerprint density at radius 3 is 0.247 bits per heavy atom. The number of unbranched alkanes of at least 4 members (excludes halogenated alkanes) is 60. The van der Waals surface area contributed by atoms with Crippen LogP contribution in [0.15, 0.2) is 0 Å². The molecular weight excluding hydrogens is 969 g/mol. The fourth-order valence-electron chi connectivity index (χ4n) is 10.7. The molecule has 464 valence electrons. The molecule has 0 aliphatic carbocycles. The molecule has 0 radical (unpaired) electrons. The molecule has 0 saturated heterocycles. The molecule has 0 aliphatic heterocycles. The molecule has 0 aromatic carbocycles. The SMILES string of the molecule is CCCCCCCCCCCCCCCCCC[NH-].CCCCCCCCCCCCCCCCCC[NH-].CCCCCCCCCCCCCCCCCC[NH-].CCCCCCCCCCCCCCCCCC[NH-].[Ti+4]. The zero-order valence-corrected chi connectivity index (χ0v) is 56.1. The van der Waals surface area contributed by atoms with E-state index in [1.807, 2.05) is 0 Å². The summed E-state index contributed by atoms with van der Waals surface area (Å²) in [4.78, 5) is 0. The maximum absolute atomic E-state index is 7.08. The molecule has 5 heteroatoms. The van der Waals surface area contributed by atoms with E-state index in [-0.39, 0.29) is 21.7 Å². The van der Waals surface area contributed by atoms with E-state index in [2.05, 4.69) is 27.7 Å². The van der Waals surface area contributed by atoms with Gasteiger partial charge in [0.2, 0.25) is 0 Å². The van der Waals surface area contributed by atoms with Gasteiger partial charge in [-0.1, -0.05) is 439 Å². The van der Waals surface area contributed by atoms with Gasteiger partial charge >= 0.3 is 21.7 Å². The number of nitrogens with one attached hydrogen (secondary N) is 4. The van der Waals surface area contributed by atoms with Gasteiger partial charge in [0.05, 0.1) is 0 Å². The smallest absolute Gasteiger partial charge is 0.677 e. The minimum atomic E-state index is 0. The Bertz CT molecular complexity index is 658. The van der Waals surface area contributed by atoms with Gasteiger partial charge in [0.15, 0.2) is 0 Å². The Hall–Kier alpha value is 0.554. The zero-order chi connectivity index (χ0) is 56.1. The fraction of sp³-hybridized carbons (Fsp3) is 1.00. The summed E-state index contributed by atoms with van der Waals surface area (Å²) in [7, 11) is 0. The standard InChI is InChI=1S/4C18H38N.Ti/c4*1-2-3-4-5-6-7-8-9-10-11-12-13-14-15-16-17-18-19;/h4*19H,2-18H2,1H3;/q4*-1;+4. The molecule has 0 fully saturated rings. The molecule has 0 atom stereocenters. The summed E-state index contributed by atoms with van der Waals surface area (Å²) < 4.78 is 0. The number of rotatable bonds is 64. The largest absolute Gasteiger partial charge is 4.00 e. The van der Waals surface area contributed by atoms with E-state index in [0.717, 1.165) is 25.7 Å². The van der Waals surface area contributed by atoms with Crippen LogP contribution in [0.1, 0.15) is 439 Å². The van der Waals surface area contributed by atoms with Crippen LogP contribution in [0, 0.1) is 0 Å². The van der Waals surface area contributed by atoms with Gasteiger partial charge in [0.1, 0.15) is 0 Å². The average Bonchev–Trinajstić information content (AvgIpc) is 3.43. The predicted molar refractivity (Wildman–Crippen MR) is 355 cm³/mol. The normalized spacial score (nSPS) is 10.9. The first-order chi connectivity index (χ1) is 37.7. The van der Waals surface area contributed by atoms with E-state index in [4.69, 9.17) is 22.9 Å². The molecule has 0 heterocycles. The van der Waals surface area contributed by atoms with Gasteiger partial charge in [0, 0.05) is 0 Å². The molecule has 0 spiro atoms. The van der Waals surface area contributed by atoms with E-state index >= 15 is 0 Å². The minimum absolute atomic E-state index is 0. The van der Waals surface area contributed by atoms with E-state index in [1.54, 1.807) is 0 Å². The second kappa shape index (κ2) is 93.0. The second-order valence-electron chi connectivity index (χ2n) is 24.2. The van der Waals surface area contributed by atoms with Gasteiger partial charge in [-0.05, 0) is 0 Å². The summed E-state index contributed by atoms with van der Waals surface area (Å²) in [5.41, 5.74) is 28.3. The molecule has 4 N–H and O–H groups in total. The van der Waals surface area contributed by atoms with Crippen molar-refractivity contribution < 1.29 is 21.7 Å². The molecule has 0 unspecified atom stereocenters. The Balaban J connectivity index is -0.000000298. The maximum atomic E-state index is 7.08. The van der Waals surface area contributed by atoms with Crippen molar-refractivity contribution >= 4 is 0 Å². The molecule has 0 aromatic heterocycles. The van der Waals surface area contributed by atoms with Crippen LogP contribution in [-0.4, -0.2) is 26.2 Å². The van der Waals surface area contributed by atoms with Crippen molar-refractivity contribution in [1.82, 2.24) is 0 Å². The van der Waals surface area contributed by atoms with Crippen molar-refractivity contribution in [3.05, 3.63) is 22.9 Å². The molecule has 77 heavy (non-hydrogen) atoms. The van der Waals surface area contributed by atoms with E-state index in [0.29, 0.717) is 26.2 Å². The van der Waals surface area contributed by atoms with Crippen molar-refractivity contribution in [2.45, 2.75) is 439 Å². The summed E-state index contributed by atoms with van der Waals surface area (Å²) in [6.07, 6.45) is 90.1. The maximum Gasteiger partial charge on any atom is 4.00 e. The summed E-state index contributed by atoms with van der Waals surface area (Å²) in [5, 5.41) is 0. The molecule has 0 saturated carbocycles. The molecule has 0 aromatic rings. The topological polar surface area (TPSA) is 95.2 Å². The molecule has 0 rings (SSSR count). The number of hydrogen-bond donors (Lipinski definition) is 0. The van der Waals surface area contributed by atoms with E-state index in [9.17, 15) is 0 Å². The van der Waals surface area contributed by atoms with Crippen LogP contribution >= 0.6 is 0 Å². The van der Waals surface area contributed by atoms with Crippen LogP contribution in [0.5, 0.6) is 0 Å². The summed E-state index contributed by atoms with van der Waals surface area (Å²) in [5.74, 6) is 0. The van der Waals surface area contributed by atoms with Crippen LogP contribution in [0.25, 0.3) is 22.9 Å². The fourth-order valence-corrected chi connectivity index (χ4v) is 10.7. The Morgan fingerprint density at radius 2 is 0.182 bits per heavy atom. The van der Waals surface area contributed by atoms with Crippen LogP contribution in [0.3, 0.4) is 0 Å². The first-order valence-electron chi connectivity index (χ1n) is 36.2. The Labute approximate surface area is 506 Å². The van der Waals surface area contributed by atoms with Crippen LogP contribution in [-0.2, 0) is 21.7 Å². The molecule has 4 nitrogen and oxygen atoms in total. The van der Waals surface area contributed by atoms with Crippen molar-refractivity contribution in [2.75, 3.05) is 26.2 Å². The second-order valence-corrected chi connectivity index (χ2v) is 24.2. The van der Waals surface area contributed by atoms with Crippen LogP contribution in [0.4, 0.5) is 0 Å². The molecule has 0 amide bonds. The van der Waals surface area contributed by atoms with Crippen molar-refractivity contribution in [2.24, 2.45) is 0 Å². The summed E-state index contributed by atoms with van der Waals surface area (Å²) in [6.45, 7) is 11.6. The van der Waals surface area contributed by atoms with Crippen molar-refractivity contribution in [1.29, 1.82) is 0 Å². The van der Waals surface area contributed by atoms with Crippen LogP contribution < -0.4 is 0 Å². The summed E-state index contributed by atoms with van der Waals surface area (Å²) in [6, 6.07) is 0. The first kappa shape index (κ1) is 86.3. The predicted octanol–water partition coefficient (Wildman–Crippen LogP) is 29.2. The number of hydrogen-bond acceptors (Lipinski definition) is 0. The van der Waals surface area contributed by atoms with Crippen molar-refractivity contribution in [3.8, 4) is 0 Å². The Morgan fingerprint density at radius 1 is 0.117 bits per heavy atom. The van der Waals surface area contributed by atoms with Crippen LogP contribution in [0.2, 0.25) is 0 Å². The third-order valence-electron chi connectivity index (χ3n) is 16.1. The first-order valence-corrected chi connectivity index (χ1v) is 36.2. The average molecular weight is 1120 g/mol. The van der Waals surface area contributed by atoms with Gasteiger partial charge in [-0.3, -0.25) is 0 Å². The minimum Gasteiger partial charge on any atom is -0.677 e. The third kappa shape index (κ3) is 102. The van der Waals surface area contributed by atoms with Gasteiger partial charge in [0.25, 0.3) is 0 Å². The third-order valence-corrected chi connectivity index (χ3v) is 16.1. The Kier molecular flexibility index (Phi) is 104. The molecule has 0 aliphatic rings. The van der Waals surface area contributed by atoms with Gasteiger partial charge in [-0.15, -0.1) is 0 Å². The van der Waals surface area contributed by atoms with E-state index < -0.39 is 0 Å². The van der Waals surface area contributed by atoms with Gasteiger partial charge in [-0.2, -0.15) is 26.2 Å². The van der Waals surface area contributed by atoms with Gasteiger partial charge < -0.3 is 22.9 Å².